The first kappa shape index (κ1) is 13.5. The smallest absolute Gasteiger partial charge is 0.267 e. The van der Waals surface area contributed by atoms with Gasteiger partial charge in [-0.05, 0) is 18.1 Å². The molecule has 7 heteroatoms. The number of allylic oxidation sites excluding steroid dienone is 2. The number of non-ortho nitro benzene ring substituents is 1. The van der Waals surface area contributed by atoms with E-state index < -0.39 is 4.92 Å². The quantitative estimate of drug-likeness (QED) is 0.645. The summed E-state index contributed by atoms with van der Waals surface area (Å²) < 4.78 is 1.32. The Labute approximate surface area is 124 Å². The van der Waals surface area contributed by atoms with E-state index in [1.807, 2.05) is 0 Å². The lowest BCUT2D eigenvalue weighted by Gasteiger charge is -2.21. The lowest BCUT2D eigenvalue weighted by Crippen LogP contribution is -2.22. The van der Waals surface area contributed by atoms with Crippen LogP contribution in [0.25, 0.3) is 0 Å². The Hall–Kier alpha value is -2.47. The molecular formula is C14H10ClN3O3. The second kappa shape index (κ2) is 5.14. The minimum absolute atomic E-state index is 0.0456. The number of nitro groups is 1. The number of carbonyl (C=O) groups excluding carboxylic acids is 1. The molecule has 106 valence electrons. The molecule has 0 amide bonds. The fraction of sp³-hybridized carbons (Fsp3) is 0.143. The molecule has 1 aromatic carbocycles. The first-order chi connectivity index (χ1) is 10.1. The van der Waals surface area contributed by atoms with Gasteiger partial charge >= 0.3 is 0 Å². The molecule has 0 spiro atoms. The average molecular weight is 304 g/mol. The summed E-state index contributed by atoms with van der Waals surface area (Å²) in [5.74, 6) is -0.437. The number of halogens is 1. The van der Waals surface area contributed by atoms with Crippen LogP contribution in [0.15, 0.2) is 47.6 Å². The van der Waals surface area contributed by atoms with Gasteiger partial charge in [-0.15, -0.1) is 0 Å². The Kier molecular flexibility index (Phi) is 3.31. The molecule has 0 radical (unpaired) electrons. The number of carbonyl (C=O) groups is 1. The van der Waals surface area contributed by atoms with Gasteiger partial charge in [-0.3, -0.25) is 14.9 Å². The normalized spacial score (nSPS) is 17.3. The number of hydrogen-bond acceptors (Lipinski definition) is 4. The minimum Gasteiger partial charge on any atom is -0.267 e. The summed E-state index contributed by atoms with van der Waals surface area (Å²) in [7, 11) is 0. The van der Waals surface area contributed by atoms with E-state index in [0.717, 1.165) is 11.3 Å². The van der Waals surface area contributed by atoms with Gasteiger partial charge in [0, 0.05) is 35.4 Å². The molecule has 0 N–H and O–H groups in total. The van der Waals surface area contributed by atoms with Crippen LogP contribution in [-0.4, -0.2) is 20.6 Å². The Bertz CT molecular complexity index is 749. The topological polar surface area (TPSA) is 78.0 Å². The van der Waals surface area contributed by atoms with Crippen molar-refractivity contribution in [3.8, 4) is 0 Å². The molecule has 21 heavy (non-hydrogen) atoms. The predicted octanol–water partition coefficient (Wildman–Crippen LogP) is 2.89. The van der Waals surface area contributed by atoms with Crippen molar-refractivity contribution >= 4 is 23.2 Å². The molecule has 1 unspecified atom stereocenters. The number of nitro benzene ring substituents is 1. The monoisotopic (exact) mass is 303 g/mol. The Morgan fingerprint density at radius 2 is 2.00 bits per heavy atom. The number of aromatic nitrogens is 2. The van der Waals surface area contributed by atoms with Crippen molar-refractivity contribution in [1.29, 1.82) is 0 Å². The molecular weight excluding hydrogens is 294 g/mol. The molecule has 0 saturated carbocycles. The van der Waals surface area contributed by atoms with Crippen molar-refractivity contribution < 1.29 is 9.72 Å². The van der Waals surface area contributed by atoms with Gasteiger partial charge in [0.15, 0.2) is 0 Å². The maximum Gasteiger partial charge on any atom is 0.272 e. The van der Waals surface area contributed by atoms with Crippen LogP contribution in [-0.2, 0) is 6.42 Å². The molecule has 0 aliphatic carbocycles. The molecule has 1 aliphatic rings. The number of rotatable bonds is 3. The molecule has 0 saturated heterocycles. The van der Waals surface area contributed by atoms with Crippen molar-refractivity contribution in [1.82, 2.24) is 9.78 Å². The number of hydrogen-bond donors (Lipinski definition) is 0. The van der Waals surface area contributed by atoms with Gasteiger partial charge < -0.3 is 0 Å². The largest absolute Gasteiger partial charge is 0.272 e. The van der Waals surface area contributed by atoms with Gasteiger partial charge in [0.1, 0.15) is 0 Å². The van der Waals surface area contributed by atoms with Crippen molar-refractivity contribution in [2.45, 2.75) is 12.3 Å². The number of fused-ring (bicyclic) bond motifs is 1. The molecule has 6 nitrogen and oxygen atoms in total. The van der Waals surface area contributed by atoms with Crippen LogP contribution < -0.4 is 0 Å². The molecule has 3 rings (SSSR count). The number of nitrogens with zero attached hydrogens (tertiary/aromatic N) is 3. The molecule has 1 aromatic heterocycles. The number of benzene rings is 1. The van der Waals surface area contributed by atoms with Gasteiger partial charge in [-0.1, -0.05) is 23.7 Å². The van der Waals surface area contributed by atoms with Crippen LogP contribution in [0.3, 0.4) is 0 Å². The first-order valence-corrected chi connectivity index (χ1v) is 6.63. The molecule has 2 aromatic rings. The van der Waals surface area contributed by atoms with Gasteiger partial charge in [-0.2, -0.15) is 5.10 Å². The van der Waals surface area contributed by atoms with Crippen molar-refractivity contribution in [2.75, 3.05) is 0 Å². The Morgan fingerprint density at radius 1 is 1.29 bits per heavy atom. The van der Waals surface area contributed by atoms with E-state index in [1.165, 1.54) is 22.9 Å². The van der Waals surface area contributed by atoms with Crippen molar-refractivity contribution in [3.05, 3.63) is 69.0 Å². The summed E-state index contributed by atoms with van der Waals surface area (Å²) in [4.78, 5) is 21.9. The maximum atomic E-state index is 11.7. The van der Waals surface area contributed by atoms with Gasteiger partial charge in [0.05, 0.1) is 10.6 Å². The standard InChI is InChI=1S/C14H10ClN3O3/c15-12-8-14(19)17-13(5-6-16-17)11(12)7-9-1-3-10(4-2-9)18(20)21/h1-6,8,11H,7H2. The SMILES string of the molecule is O=C1C=C(Cl)C(Cc2ccc([N+](=O)[O-])cc2)c2ccnn21. The summed E-state index contributed by atoms with van der Waals surface area (Å²) in [6, 6.07) is 8.05. The van der Waals surface area contributed by atoms with Crippen molar-refractivity contribution in [3.63, 3.8) is 0 Å². The molecule has 2 heterocycles. The van der Waals surface area contributed by atoms with Crippen LogP contribution in [0.4, 0.5) is 5.69 Å². The zero-order chi connectivity index (χ0) is 15.0. The second-order valence-electron chi connectivity index (χ2n) is 4.72. The van der Waals surface area contributed by atoms with Crippen LogP contribution in [0.1, 0.15) is 22.0 Å². The highest BCUT2D eigenvalue weighted by Crippen LogP contribution is 2.34. The third-order valence-corrected chi connectivity index (χ3v) is 3.79. The maximum absolute atomic E-state index is 11.7. The van der Waals surface area contributed by atoms with E-state index >= 15 is 0 Å². The zero-order valence-corrected chi connectivity index (χ0v) is 11.5. The van der Waals surface area contributed by atoms with E-state index in [9.17, 15) is 14.9 Å². The van der Waals surface area contributed by atoms with Crippen molar-refractivity contribution in [2.24, 2.45) is 0 Å². The third kappa shape index (κ3) is 2.45. The van der Waals surface area contributed by atoms with Crippen LogP contribution in [0.2, 0.25) is 0 Å². The van der Waals surface area contributed by atoms with E-state index in [0.29, 0.717) is 11.5 Å². The van der Waals surface area contributed by atoms with E-state index in [4.69, 9.17) is 11.6 Å². The highest BCUT2D eigenvalue weighted by molar-refractivity contribution is 6.32. The lowest BCUT2D eigenvalue weighted by molar-refractivity contribution is -0.384. The highest BCUT2D eigenvalue weighted by Gasteiger charge is 2.27. The highest BCUT2D eigenvalue weighted by atomic mass is 35.5. The molecule has 0 bridgehead atoms. The zero-order valence-electron chi connectivity index (χ0n) is 10.8. The predicted molar refractivity (Wildman–Crippen MR) is 76.3 cm³/mol. The summed E-state index contributed by atoms with van der Waals surface area (Å²) in [5, 5.41) is 15.1. The van der Waals surface area contributed by atoms with Gasteiger partial charge in [0.2, 0.25) is 0 Å². The fourth-order valence-electron chi connectivity index (χ4n) is 2.37. The summed E-state index contributed by atoms with van der Waals surface area (Å²) in [6.45, 7) is 0. The van der Waals surface area contributed by atoms with E-state index in [-0.39, 0.29) is 17.5 Å². The minimum atomic E-state index is -0.439. The summed E-state index contributed by atoms with van der Waals surface area (Å²) >= 11 is 6.18. The van der Waals surface area contributed by atoms with E-state index in [1.54, 1.807) is 24.4 Å². The molecule has 1 atom stereocenters. The lowest BCUT2D eigenvalue weighted by atomic mass is 9.93. The van der Waals surface area contributed by atoms with E-state index in [2.05, 4.69) is 5.10 Å². The van der Waals surface area contributed by atoms with Gasteiger partial charge in [0.25, 0.3) is 11.6 Å². The fourth-order valence-corrected chi connectivity index (χ4v) is 2.66. The first-order valence-electron chi connectivity index (χ1n) is 6.25. The Balaban J connectivity index is 1.89. The molecule has 1 aliphatic heterocycles. The van der Waals surface area contributed by atoms with Crippen LogP contribution in [0, 0.1) is 10.1 Å². The summed E-state index contributed by atoms with van der Waals surface area (Å²) in [6.07, 6.45) is 3.46. The summed E-state index contributed by atoms with van der Waals surface area (Å²) in [5.41, 5.74) is 1.68. The van der Waals surface area contributed by atoms with Crippen LogP contribution in [0.5, 0.6) is 0 Å². The second-order valence-corrected chi connectivity index (χ2v) is 5.15. The molecule has 0 fully saturated rings. The third-order valence-electron chi connectivity index (χ3n) is 3.42. The van der Waals surface area contributed by atoms with Gasteiger partial charge in [-0.25, -0.2) is 4.68 Å². The van der Waals surface area contributed by atoms with Crippen LogP contribution >= 0.6 is 11.6 Å². The average Bonchev–Trinajstić information content (AvgIpc) is 2.93. The Morgan fingerprint density at radius 3 is 2.67 bits per heavy atom.